The number of piperidine rings is 1. The topological polar surface area (TPSA) is 76.8 Å². The zero-order valence-electron chi connectivity index (χ0n) is 16.3. The molecule has 0 radical (unpaired) electrons. The first-order chi connectivity index (χ1) is 14.5. The van der Waals surface area contributed by atoms with Crippen molar-refractivity contribution in [1.29, 1.82) is 0 Å². The summed E-state index contributed by atoms with van der Waals surface area (Å²) >= 11 is 13.8. The molecule has 0 bridgehead atoms. The van der Waals surface area contributed by atoms with E-state index < -0.39 is 0 Å². The van der Waals surface area contributed by atoms with Crippen LogP contribution < -0.4 is 0 Å². The monoisotopic (exact) mass is 462 g/mol. The quantitative estimate of drug-likeness (QED) is 0.409. The van der Waals surface area contributed by atoms with Gasteiger partial charge in [-0.15, -0.1) is 5.10 Å². The normalized spacial score (nSPS) is 16.6. The molecule has 0 spiro atoms. The first-order valence-corrected chi connectivity index (χ1v) is 11.4. The maximum atomic E-state index is 13.3. The Kier molecular flexibility index (Phi) is 6.55. The Morgan fingerprint density at radius 1 is 1.20 bits per heavy atom. The molecule has 3 heterocycles. The standard InChI is InChI=1S/C20H20Cl2N6OS/c1-13-4-2-7-27(11-13)19(29)18-17(12-30-20-23-5-3-6-24-20)28(26-25-18)16-9-14(21)8-15(22)10-16/h3,5-6,8-10,13H,2,4,7,11-12H2,1H3. The predicted molar refractivity (Wildman–Crippen MR) is 117 cm³/mol. The van der Waals surface area contributed by atoms with Crippen LogP contribution in [-0.2, 0) is 5.75 Å². The number of halogens is 2. The highest BCUT2D eigenvalue weighted by molar-refractivity contribution is 7.98. The molecule has 1 saturated heterocycles. The van der Waals surface area contributed by atoms with Crippen LogP contribution >= 0.6 is 35.0 Å². The molecular weight excluding hydrogens is 443 g/mol. The zero-order chi connectivity index (χ0) is 21.1. The van der Waals surface area contributed by atoms with Crippen LogP contribution in [0.4, 0.5) is 0 Å². The average molecular weight is 463 g/mol. The van der Waals surface area contributed by atoms with E-state index in [9.17, 15) is 4.79 Å². The van der Waals surface area contributed by atoms with Gasteiger partial charge in [-0.2, -0.15) is 0 Å². The van der Waals surface area contributed by atoms with Crippen molar-refractivity contribution in [1.82, 2.24) is 29.9 Å². The largest absolute Gasteiger partial charge is 0.337 e. The summed E-state index contributed by atoms with van der Waals surface area (Å²) in [4.78, 5) is 23.6. The second-order valence-corrected chi connectivity index (χ2v) is 9.06. The second kappa shape index (κ2) is 9.32. The van der Waals surface area contributed by atoms with Crippen molar-refractivity contribution in [2.45, 2.75) is 30.7 Å². The van der Waals surface area contributed by atoms with Crippen LogP contribution in [0.15, 0.2) is 41.8 Å². The lowest BCUT2D eigenvalue weighted by Gasteiger charge is -2.30. The van der Waals surface area contributed by atoms with E-state index in [1.54, 1.807) is 41.3 Å². The van der Waals surface area contributed by atoms with Gasteiger partial charge in [-0.1, -0.05) is 47.1 Å². The number of rotatable bonds is 5. The fraction of sp³-hybridized carbons (Fsp3) is 0.350. The van der Waals surface area contributed by atoms with Crippen LogP contribution in [0.2, 0.25) is 10.0 Å². The van der Waals surface area contributed by atoms with Gasteiger partial charge in [0.15, 0.2) is 10.9 Å². The molecule has 1 unspecified atom stereocenters. The van der Waals surface area contributed by atoms with Gasteiger partial charge in [-0.3, -0.25) is 4.79 Å². The van der Waals surface area contributed by atoms with E-state index in [4.69, 9.17) is 23.2 Å². The van der Waals surface area contributed by atoms with Crippen molar-refractivity contribution in [3.05, 3.63) is 58.1 Å². The Hall–Kier alpha value is -2.16. The summed E-state index contributed by atoms with van der Waals surface area (Å²) in [5, 5.41) is 10.1. The maximum Gasteiger partial charge on any atom is 0.276 e. The number of carbonyl (C=O) groups is 1. The highest BCUT2D eigenvalue weighted by Gasteiger charge is 2.28. The first-order valence-electron chi connectivity index (χ1n) is 9.61. The summed E-state index contributed by atoms with van der Waals surface area (Å²) in [6, 6.07) is 6.90. The minimum atomic E-state index is -0.106. The van der Waals surface area contributed by atoms with E-state index in [1.807, 2.05) is 4.90 Å². The van der Waals surface area contributed by atoms with Gasteiger partial charge < -0.3 is 4.90 Å². The van der Waals surface area contributed by atoms with Crippen LogP contribution in [0.5, 0.6) is 0 Å². The molecule has 0 saturated carbocycles. The fourth-order valence-electron chi connectivity index (χ4n) is 3.48. The number of aromatic nitrogens is 5. The lowest BCUT2D eigenvalue weighted by Crippen LogP contribution is -2.39. The number of hydrogen-bond acceptors (Lipinski definition) is 6. The molecule has 7 nitrogen and oxygen atoms in total. The third-order valence-corrected chi connectivity index (χ3v) is 6.21. The van der Waals surface area contributed by atoms with Crippen molar-refractivity contribution >= 4 is 40.9 Å². The van der Waals surface area contributed by atoms with E-state index in [2.05, 4.69) is 27.2 Å². The van der Waals surface area contributed by atoms with E-state index >= 15 is 0 Å². The molecule has 30 heavy (non-hydrogen) atoms. The molecule has 1 amide bonds. The third-order valence-electron chi connectivity index (χ3n) is 4.88. The van der Waals surface area contributed by atoms with Crippen molar-refractivity contribution in [3.8, 4) is 5.69 Å². The highest BCUT2D eigenvalue weighted by atomic mass is 35.5. The molecule has 156 valence electrons. The van der Waals surface area contributed by atoms with E-state index in [-0.39, 0.29) is 5.91 Å². The number of benzene rings is 1. The van der Waals surface area contributed by atoms with Gasteiger partial charge in [0.25, 0.3) is 5.91 Å². The Morgan fingerprint density at radius 3 is 2.63 bits per heavy atom. The lowest BCUT2D eigenvalue weighted by atomic mass is 10.00. The van der Waals surface area contributed by atoms with Gasteiger partial charge in [-0.05, 0) is 43.0 Å². The molecule has 1 aromatic carbocycles. The molecule has 1 aliphatic rings. The third kappa shape index (κ3) is 4.77. The van der Waals surface area contributed by atoms with E-state index in [1.165, 1.54) is 11.8 Å². The van der Waals surface area contributed by atoms with Gasteiger partial charge in [-0.25, -0.2) is 14.6 Å². The fourth-order valence-corrected chi connectivity index (χ4v) is 4.79. The van der Waals surface area contributed by atoms with Crippen LogP contribution in [-0.4, -0.2) is 48.9 Å². The molecule has 3 aromatic rings. The van der Waals surface area contributed by atoms with Crippen LogP contribution in [0.25, 0.3) is 5.69 Å². The summed E-state index contributed by atoms with van der Waals surface area (Å²) in [5.74, 6) is 0.788. The Morgan fingerprint density at radius 2 is 1.93 bits per heavy atom. The summed E-state index contributed by atoms with van der Waals surface area (Å²) in [5.41, 5.74) is 1.65. The molecule has 4 rings (SSSR count). The molecule has 1 fully saturated rings. The summed E-state index contributed by atoms with van der Waals surface area (Å²) in [6.07, 6.45) is 5.49. The van der Waals surface area contributed by atoms with Crippen LogP contribution in [0.1, 0.15) is 35.9 Å². The smallest absolute Gasteiger partial charge is 0.276 e. The Bertz CT molecular complexity index is 1020. The van der Waals surface area contributed by atoms with E-state index in [0.717, 1.165) is 25.9 Å². The predicted octanol–water partition coefficient (Wildman–Crippen LogP) is 4.53. The SMILES string of the molecule is CC1CCCN(C(=O)c2nnn(-c3cc(Cl)cc(Cl)c3)c2CSc2ncccn2)C1. The molecule has 1 atom stereocenters. The number of thioether (sulfide) groups is 1. The molecule has 0 N–H and O–H groups in total. The maximum absolute atomic E-state index is 13.3. The van der Waals surface area contributed by atoms with E-state index in [0.29, 0.717) is 43.9 Å². The minimum Gasteiger partial charge on any atom is -0.337 e. The molecule has 0 aliphatic carbocycles. The summed E-state index contributed by atoms with van der Waals surface area (Å²) in [6.45, 7) is 3.62. The number of amides is 1. The number of hydrogen-bond donors (Lipinski definition) is 0. The summed E-state index contributed by atoms with van der Waals surface area (Å²) in [7, 11) is 0. The second-order valence-electron chi connectivity index (χ2n) is 7.24. The number of likely N-dealkylation sites (tertiary alicyclic amines) is 1. The Labute approximate surface area is 188 Å². The highest BCUT2D eigenvalue weighted by Crippen LogP contribution is 2.27. The first kappa shape index (κ1) is 21.1. The van der Waals surface area contributed by atoms with Crippen molar-refractivity contribution < 1.29 is 4.79 Å². The van der Waals surface area contributed by atoms with Gasteiger partial charge in [0.1, 0.15) is 0 Å². The van der Waals surface area contributed by atoms with Crippen molar-refractivity contribution in [2.24, 2.45) is 5.92 Å². The van der Waals surface area contributed by atoms with Crippen LogP contribution in [0, 0.1) is 5.92 Å². The minimum absolute atomic E-state index is 0.106. The molecular formula is C20H20Cl2N6OS. The lowest BCUT2D eigenvalue weighted by molar-refractivity contribution is 0.0676. The van der Waals surface area contributed by atoms with Crippen molar-refractivity contribution in [2.75, 3.05) is 13.1 Å². The van der Waals surface area contributed by atoms with Crippen molar-refractivity contribution in [3.63, 3.8) is 0 Å². The molecule has 2 aromatic heterocycles. The van der Waals surface area contributed by atoms with Crippen LogP contribution in [0.3, 0.4) is 0 Å². The molecule has 1 aliphatic heterocycles. The number of nitrogens with zero attached hydrogens (tertiary/aromatic N) is 6. The van der Waals surface area contributed by atoms with Gasteiger partial charge in [0.05, 0.1) is 11.4 Å². The zero-order valence-corrected chi connectivity index (χ0v) is 18.7. The van der Waals surface area contributed by atoms with Gasteiger partial charge in [0.2, 0.25) is 0 Å². The average Bonchev–Trinajstić information content (AvgIpc) is 3.15. The Balaban J connectivity index is 1.70. The van der Waals surface area contributed by atoms with Gasteiger partial charge in [0, 0.05) is 41.3 Å². The summed E-state index contributed by atoms with van der Waals surface area (Å²) < 4.78 is 1.62. The number of carbonyl (C=O) groups excluding carboxylic acids is 1. The van der Waals surface area contributed by atoms with Gasteiger partial charge >= 0.3 is 0 Å². The molecule has 10 heteroatoms.